The molecule has 0 saturated heterocycles. The van der Waals surface area contributed by atoms with Crippen LogP contribution in [0.15, 0.2) is 30.6 Å². The third-order valence-corrected chi connectivity index (χ3v) is 4.02. The van der Waals surface area contributed by atoms with Gasteiger partial charge in [-0.3, -0.25) is 20.2 Å². The first kappa shape index (κ1) is 19.6. The van der Waals surface area contributed by atoms with E-state index in [4.69, 9.17) is 0 Å². The molecule has 150 valence electrons. The first-order valence-electron chi connectivity index (χ1n) is 8.35. The quantitative estimate of drug-likeness (QED) is 0.461. The predicted octanol–water partition coefficient (Wildman–Crippen LogP) is 1.59. The molecule has 0 radical (unpaired) electrons. The maximum atomic E-state index is 12.2. The number of aryl methyl sites for hydroxylation is 1. The summed E-state index contributed by atoms with van der Waals surface area (Å²) in [6, 6.07) is 7.84. The fourth-order valence-corrected chi connectivity index (χ4v) is 2.74. The molecule has 1 amide bonds. The van der Waals surface area contributed by atoms with Crippen molar-refractivity contribution in [2.24, 2.45) is 0 Å². The lowest BCUT2D eigenvalue weighted by Gasteiger charge is -2.02. The number of hydrogen-bond acceptors (Lipinski definition) is 8. The molecule has 2 aromatic heterocycles. The number of aromatic nitrogens is 5. The summed E-state index contributed by atoms with van der Waals surface area (Å²) in [7, 11) is 0. The summed E-state index contributed by atoms with van der Waals surface area (Å²) >= 11 is 0. The van der Waals surface area contributed by atoms with E-state index in [-0.39, 0.29) is 11.6 Å². The minimum atomic E-state index is -0.964. The van der Waals surface area contributed by atoms with Crippen LogP contribution in [0, 0.1) is 34.1 Å². The maximum absolute atomic E-state index is 12.2. The number of rotatable bonds is 7. The van der Waals surface area contributed by atoms with Gasteiger partial charge >= 0.3 is 11.5 Å². The Kier molecular flexibility index (Phi) is 5.29. The Bertz CT molecular complexity index is 1100. The molecule has 0 unspecified atom stereocenters. The third-order valence-electron chi connectivity index (χ3n) is 4.02. The highest BCUT2D eigenvalue weighted by molar-refractivity contribution is 5.88. The third kappa shape index (κ3) is 4.40. The molecule has 29 heavy (non-hydrogen) atoms. The number of nitrogens with zero attached hydrogens (tertiary/aromatic N) is 7. The summed E-state index contributed by atoms with van der Waals surface area (Å²) in [5.41, 5.74) is 1.27. The molecular weight excluding hydrogens is 384 g/mol. The van der Waals surface area contributed by atoms with Crippen LogP contribution in [0.5, 0.6) is 0 Å². The van der Waals surface area contributed by atoms with Gasteiger partial charge in [0.15, 0.2) is 0 Å². The second kappa shape index (κ2) is 7.84. The average molecular weight is 400 g/mol. The van der Waals surface area contributed by atoms with E-state index in [1.54, 1.807) is 4.68 Å². The molecule has 0 aliphatic rings. The first-order chi connectivity index (χ1) is 13.7. The predicted molar refractivity (Wildman–Crippen MR) is 99.2 cm³/mol. The second-order valence-electron chi connectivity index (χ2n) is 6.23. The van der Waals surface area contributed by atoms with E-state index in [0.29, 0.717) is 6.54 Å². The summed E-state index contributed by atoms with van der Waals surface area (Å²) in [5.74, 6) is -1.51. The van der Waals surface area contributed by atoms with Crippen LogP contribution in [0.3, 0.4) is 0 Å². The normalized spacial score (nSPS) is 10.7. The molecule has 0 fully saturated rings. The van der Waals surface area contributed by atoms with Gasteiger partial charge in [-0.25, -0.2) is 9.67 Å². The van der Waals surface area contributed by atoms with Gasteiger partial charge in [0.1, 0.15) is 18.6 Å². The highest BCUT2D eigenvalue weighted by Crippen LogP contribution is 2.29. The Morgan fingerprint density at radius 3 is 2.55 bits per heavy atom. The largest absolute Gasteiger partial charge is 0.468 e. The van der Waals surface area contributed by atoms with E-state index < -0.39 is 33.8 Å². The molecule has 1 aromatic carbocycles. The molecule has 0 bridgehead atoms. The Hall–Kier alpha value is -4.16. The lowest BCUT2D eigenvalue weighted by molar-refractivity contribution is -0.424. The van der Waals surface area contributed by atoms with Crippen molar-refractivity contribution in [3.63, 3.8) is 0 Å². The number of anilines is 1. The van der Waals surface area contributed by atoms with Crippen LogP contribution in [0.1, 0.15) is 16.8 Å². The number of nitrogens with one attached hydrogen (secondary N) is 1. The zero-order chi connectivity index (χ0) is 21.1. The number of amides is 1. The average Bonchev–Trinajstić information content (AvgIpc) is 3.19. The lowest BCUT2D eigenvalue weighted by Crippen LogP contribution is -2.21. The summed E-state index contributed by atoms with van der Waals surface area (Å²) < 4.78 is 2.44. The van der Waals surface area contributed by atoms with Crippen molar-refractivity contribution in [2.45, 2.75) is 26.9 Å². The van der Waals surface area contributed by atoms with Gasteiger partial charge in [0.25, 0.3) is 5.91 Å². The Morgan fingerprint density at radius 2 is 1.93 bits per heavy atom. The lowest BCUT2D eigenvalue weighted by atomic mass is 10.1. The number of carbonyl (C=O) groups is 1. The number of nitro groups is 2. The van der Waals surface area contributed by atoms with Gasteiger partial charge in [0.2, 0.25) is 5.95 Å². The molecule has 3 rings (SSSR count). The molecule has 0 spiro atoms. The summed E-state index contributed by atoms with van der Waals surface area (Å²) in [4.78, 5) is 36.3. The van der Waals surface area contributed by atoms with E-state index in [1.165, 1.54) is 13.3 Å². The van der Waals surface area contributed by atoms with Gasteiger partial charge in [-0.15, -0.1) is 5.10 Å². The van der Waals surface area contributed by atoms with E-state index in [1.807, 2.05) is 31.2 Å². The topological polar surface area (TPSA) is 164 Å². The Labute approximate surface area is 163 Å². The van der Waals surface area contributed by atoms with Crippen LogP contribution < -0.4 is 5.32 Å². The van der Waals surface area contributed by atoms with Crippen molar-refractivity contribution >= 4 is 23.4 Å². The molecule has 3 aromatic rings. The fourth-order valence-electron chi connectivity index (χ4n) is 2.74. The van der Waals surface area contributed by atoms with Crippen molar-refractivity contribution in [3.05, 3.63) is 67.6 Å². The van der Waals surface area contributed by atoms with E-state index in [9.17, 15) is 25.0 Å². The van der Waals surface area contributed by atoms with Crippen LogP contribution in [0.2, 0.25) is 0 Å². The van der Waals surface area contributed by atoms with E-state index in [0.717, 1.165) is 15.8 Å². The Balaban J connectivity index is 1.69. The number of benzene rings is 1. The molecule has 0 atom stereocenters. The van der Waals surface area contributed by atoms with E-state index in [2.05, 4.69) is 20.5 Å². The van der Waals surface area contributed by atoms with Crippen LogP contribution in [-0.4, -0.2) is 40.3 Å². The van der Waals surface area contributed by atoms with E-state index >= 15 is 0 Å². The molecule has 1 N–H and O–H groups in total. The first-order valence-corrected chi connectivity index (χ1v) is 8.35. The van der Waals surface area contributed by atoms with Gasteiger partial charge in [-0.2, -0.15) is 4.68 Å². The van der Waals surface area contributed by atoms with Crippen molar-refractivity contribution in [1.29, 1.82) is 0 Å². The van der Waals surface area contributed by atoms with Gasteiger partial charge in [0.05, 0.1) is 16.6 Å². The monoisotopic (exact) mass is 400 g/mol. The fraction of sp³-hybridized carbons (Fsp3) is 0.250. The maximum Gasteiger partial charge on any atom is 0.468 e. The second-order valence-corrected chi connectivity index (χ2v) is 6.23. The standard InChI is InChI=1S/C16H16N8O5/c1-10-4-3-5-12(6-10)7-21-9-17-16(20-21)18-13(25)8-22-11(2)14(23(26)27)15(19-22)24(28)29/h3-6,9H,7-8H2,1-2H3,(H,18,20,25). The van der Waals surface area contributed by atoms with Gasteiger partial charge < -0.3 is 10.1 Å². The summed E-state index contributed by atoms with van der Waals surface area (Å²) in [5, 5.41) is 32.1. The van der Waals surface area contributed by atoms with Gasteiger partial charge in [-0.1, -0.05) is 29.8 Å². The summed E-state index contributed by atoms with van der Waals surface area (Å²) in [6.07, 6.45) is 1.45. The number of carbonyl (C=O) groups excluding carboxylic acids is 1. The highest BCUT2D eigenvalue weighted by Gasteiger charge is 2.35. The SMILES string of the molecule is Cc1cccc(Cn2cnc(NC(=O)Cn3nc([N+](=O)[O-])c([N+](=O)[O-])c3C)n2)c1. The highest BCUT2D eigenvalue weighted by atomic mass is 16.6. The molecule has 2 heterocycles. The molecule has 13 nitrogen and oxygen atoms in total. The smallest absolute Gasteiger partial charge is 0.358 e. The zero-order valence-electron chi connectivity index (χ0n) is 15.5. The molecular formula is C16H16N8O5. The van der Waals surface area contributed by atoms with Crippen molar-refractivity contribution in [2.75, 3.05) is 5.32 Å². The van der Waals surface area contributed by atoms with Crippen LogP contribution in [0.25, 0.3) is 0 Å². The number of hydrogen-bond donors (Lipinski definition) is 1. The molecule has 0 aliphatic heterocycles. The van der Waals surface area contributed by atoms with Gasteiger partial charge in [-0.05, 0) is 24.3 Å². The van der Waals surface area contributed by atoms with Crippen LogP contribution in [-0.2, 0) is 17.9 Å². The minimum Gasteiger partial charge on any atom is -0.358 e. The zero-order valence-corrected chi connectivity index (χ0v) is 15.5. The summed E-state index contributed by atoms with van der Waals surface area (Å²) in [6.45, 7) is 3.25. The minimum absolute atomic E-state index is 0.0384. The van der Waals surface area contributed by atoms with Crippen molar-refractivity contribution in [3.8, 4) is 0 Å². The van der Waals surface area contributed by atoms with Crippen LogP contribution >= 0.6 is 0 Å². The molecule has 0 saturated carbocycles. The molecule has 13 heteroatoms. The van der Waals surface area contributed by atoms with Crippen molar-refractivity contribution in [1.82, 2.24) is 24.5 Å². The Morgan fingerprint density at radius 1 is 1.17 bits per heavy atom. The molecule has 0 aliphatic carbocycles. The van der Waals surface area contributed by atoms with Crippen molar-refractivity contribution < 1.29 is 14.6 Å². The van der Waals surface area contributed by atoms with Crippen LogP contribution in [0.4, 0.5) is 17.5 Å². The van der Waals surface area contributed by atoms with Gasteiger partial charge in [0, 0.05) is 0 Å².